The van der Waals surface area contributed by atoms with E-state index >= 15 is 0 Å². The number of benzene rings is 3. The SMILES string of the molecule is COc1ccc(-c2ccc(F)cc2)cc1-c1nc2ccccc2s1. The van der Waals surface area contributed by atoms with Crippen LogP contribution in [0, 0.1) is 5.82 Å². The van der Waals surface area contributed by atoms with E-state index in [2.05, 4.69) is 6.07 Å². The van der Waals surface area contributed by atoms with Crippen LogP contribution in [0.15, 0.2) is 66.7 Å². The largest absolute Gasteiger partial charge is 0.496 e. The second kappa shape index (κ2) is 6.06. The molecule has 0 aliphatic heterocycles. The van der Waals surface area contributed by atoms with Gasteiger partial charge < -0.3 is 4.74 Å². The fraction of sp³-hybridized carbons (Fsp3) is 0.0500. The van der Waals surface area contributed by atoms with Crippen molar-refractivity contribution in [2.24, 2.45) is 0 Å². The minimum atomic E-state index is -0.237. The molecule has 1 aromatic heterocycles. The molecule has 4 rings (SSSR count). The summed E-state index contributed by atoms with van der Waals surface area (Å²) in [5.74, 6) is 0.540. The van der Waals surface area contributed by atoms with Crippen molar-refractivity contribution in [1.29, 1.82) is 0 Å². The summed E-state index contributed by atoms with van der Waals surface area (Å²) in [6.07, 6.45) is 0. The first-order valence-corrected chi connectivity index (χ1v) is 8.36. The van der Waals surface area contributed by atoms with Gasteiger partial charge in [-0.1, -0.05) is 30.3 Å². The fourth-order valence-electron chi connectivity index (χ4n) is 2.68. The highest BCUT2D eigenvalue weighted by molar-refractivity contribution is 7.21. The Labute approximate surface area is 143 Å². The van der Waals surface area contributed by atoms with E-state index in [0.29, 0.717) is 0 Å². The monoisotopic (exact) mass is 335 g/mol. The summed E-state index contributed by atoms with van der Waals surface area (Å²) in [7, 11) is 1.66. The molecule has 0 radical (unpaired) electrons. The number of fused-ring (bicyclic) bond motifs is 1. The fourth-order valence-corrected chi connectivity index (χ4v) is 3.67. The van der Waals surface area contributed by atoms with Gasteiger partial charge in [-0.2, -0.15) is 0 Å². The van der Waals surface area contributed by atoms with Gasteiger partial charge in [0.25, 0.3) is 0 Å². The molecule has 0 bridgehead atoms. The number of hydrogen-bond donors (Lipinski definition) is 0. The zero-order valence-electron chi connectivity index (χ0n) is 13.0. The van der Waals surface area contributed by atoms with Crippen LogP contribution in [0.4, 0.5) is 4.39 Å². The third-order valence-corrected chi connectivity index (χ3v) is 4.97. The number of rotatable bonds is 3. The zero-order valence-corrected chi connectivity index (χ0v) is 13.8. The molecule has 4 aromatic rings. The Kier molecular flexibility index (Phi) is 3.75. The van der Waals surface area contributed by atoms with Crippen molar-refractivity contribution in [3.05, 3.63) is 72.5 Å². The van der Waals surface area contributed by atoms with Gasteiger partial charge in [0.1, 0.15) is 16.6 Å². The average molecular weight is 335 g/mol. The maximum Gasteiger partial charge on any atom is 0.129 e. The van der Waals surface area contributed by atoms with Crippen LogP contribution in [0.2, 0.25) is 0 Å². The molecule has 1 heterocycles. The smallest absolute Gasteiger partial charge is 0.129 e. The Balaban J connectivity index is 1.86. The maximum absolute atomic E-state index is 13.2. The second-order valence-electron chi connectivity index (χ2n) is 5.41. The number of para-hydroxylation sites is 1. The highest BCUT2D eigenvalue weighted by atomic mass is 32.1. The quantitative estimate of drug-likeness (QED) is 0.473. The third-order valence-electron chi connectivity index (χ3n) is 3.90. The average Bonchev–Trinajstić information content (AvgIpc) is 3.06. The predicted molar refractivity (Wildman–Crippen MR) is 97.0 cm³/mol. The first-order chi connectivity index (χ1) is 11.7. The first-order valence-electron chi connectivity index (χ1n) is 7.54. The summed E-state index contributed by atoms with van der Waals surface area (Å²) in [6.45, 7) is 0. The Bertz CT molecular complexity index is 975. The minimum absolute atomic E-state index is 0.237. The van der Waals surface area contributed by atoms with Crippen molar-refractivity contribution >= 4 is 21.6 Å². The van der Waals surface area contributed by atoms with Gasteiger partial charge in [-0.15, -0.1) is 11.3 Å². The molecule has 0 amide bonds. The number of halogens is 1. The van der Waals surface area contributed by atoms with E-state index in [-0.39, 0.29) is 5.82 Å². The summed E-state index contributed by atoms with van der Waals surface area (Å²) >= 11 is 1.64. The van der Waals surface area contributed by atoms with E-state index < -0.39 is 0 Å². The Morgan fingerprint density at radius 2 is 1.67 bits per heavy atom. The zero-order chi connectivity index (χ0) is 16.5. The van der Waals surface area contributed by atoms with Crippen molar-refractivity contribution in [2.45, 2.75) is 0 Å². The number of hydrogen-bond acceptors (Lipinski definition) is 3. The van der Waals surface area contributed by atoms with E-state index in [1.165, 1.54) is 12.1 Å². The molecule has 0 aliphatic carbocycles. The number of methoxy groups -OCH3 is 1. The number of thiazole rings is 1. The van der Waals surface area contributed by atoms with Crippen molar-refractivity contribution in [3.8, 4) is 27.4 Å². The molecule has 0 N–H and O–H groups in total. The minimum Gasteiger partial charge on any atom is -0.496 e. The lowest BCUT2D eigenvalue weighted by Crippen LogP contribution is -1.89. The van der Waals surface area contributed by atoms with Gasteiger partial charge in [-0.25, -0.2) is 9.37 Å². The van der Waals surface area contributed by atoms with Crippen molar-refractivity contribution < 1.29 is 9.13 Å². The van der Waals surface area contributed by atoms with Gasteiger partial charge >= 0.3 is 0 Å². The highest BCUT2D eigenvalue weighted by Gasteiger charge is 2.13. The summed E-state index contributed by atoms with van der Waals surface area (Å²) < 4.78 is 19.8. The summed E-state index contributed by atoms with van der Waals surface area (Å²) in [6, 6.07) is 20.5. The predicted octanol–water partition coefficient (Wildman–Crippen LogP) is 5.78. The van der Waals surface area contributed by atoms with Gasteiger partial charge in [0, 0.05) is 0 Å². The van der Waals surface area contributed by atoms with E-state index in [1.807, 2.05) is 36.4 Å². The molecule has 0 atom stereocenters. The molecule has 2 nitrogen and oxygen atoms in total. The van der Waals surface area contributed by atoms with Crippen LogP contribution >= 0.6 is 11.3 Å². The molecule has 0 aliphatic rings. The lowest BCUT2D eigenvalue weighted by molar-refractivity contribution is 0.416. The molecule has 118 valence electrons. The van der Waals surface area contributed by atoms with Gasteiger partial charge in [-0.05, 0) is 47.5 Å². The van der Waals surface area contributed by atoms with Crippen LogP contribution in [0.1, 0.15) is 0 Å². The molecule has 0 fully saturated rings. The van der Waals surface area contributed by atoms with Gasteiger partial charge in [-0.3, -0.25) is 0 Å². The Morgan fingerprint density at radius 1 is 0.917 bits per heavy atom. The van der Waals surface area contributed by atoms with Crippen LogP contribution < -0.4 is 4.74 Å². The van der Waals surface area contributed by atoms with Crippen LogP contribution in [-0.4, -0.2) is 12.1 Å². The van der Waals surface area contributed by atoms with E-state index in [4.69, 9.17) is 9.72 Å². The first kappa shape index (κ1) is 14.8. The molecular weight excluding hydrogens is 321 g/mol. The third kappa shape index (κ3) is 2.65. The standard InChI is InChI=1S/C20H14FNOS/c1-23-18-11-8-14(13-6-9-15(21)10-7-13)12-16(18)20-22-17-4-2-3-5-19(17)24-20/h2-12H,1H3. The molecule has 24 heavy (non-hydrogen) atoms. The number of aromatic nitrogens is 1. The van der Waals surface area contributed by atoms with Crippen LogP contribution in [-0.2, 0) is 0 Å². The van der Waals surface area contributed by atoms with Crippen molar-refractivity contribution in [3.63, 3.8) is 0 Å². The molecule has 0 saturated heterocycles. The normalized spacial score (nSPS) is 10.9. The summed E-state index contributed by atoms with van der Waals surface area (Å²) in [5.41, 5.74) is 3.89. The lowest BCUT2D eigenvalue weighted by atomic mass is 10.0. The molecule has 3 aromatic carbocycles. The van der Waals surface area contributed by atoms with Crippen molar-refractivity contribution in [2.75, 3.05) is 7.11 Å². The number of ether oxygens (including phenoxy) is 1. The van der Waals surface area contributed by atoms with Crippen LogP contribution in [0.5, 0.6) is 5.75 Å². The lowest BCUT2D eigenvalue weighted by Gasteiger charge is -2.09. The summed E-state index contributed by atoms with van der Waals surface area (Å²) in [5, 5.41) is 0.914. The second-order valence-corrected chi connectivity index (χ2v) is 6.44. The van der Waals surface area contributed by atoms with Crippen molar-refractivity contribution in [1.82, 2.24) is 4.98 Å². The maximum atomic E-state index is 13.2. The molecule has 4 heteroatoms. The van der Waals surface area contributed by atoms with E-state index in [1.54, 1.807) is 30.6 Å². The van der Waals surface area contributed by atoms with Crippen LogP contribution in [0.3, 0.4) is 0 Å². The highest BCUT2D eigenvalue weighted by Crippen LogP contribution is 2.38. The molecular formula is C20H14FNOS. The van der Waals surface area contributed by atoms with Crippen LogP contribution in [0.25, 0.3) is 31.9 Å². The Hall–Kier alpha value is -2.72. The van der Waals surface area contributed by atoms with Gasteiger partial charge in [0.2, 0.25) is 0 Å². The molecule has 0 saturated carbocycles. The topological polar surface area (TPSA) is 22.1 Å². The number of nitrogens with zero attached hydrogens (tertiary/aromatic N) is 1. The molecule has 0 spiro atoms. The van der Waals surface area contributed by atoms with Gasteiger partial charge in [0.15, 0.2) is 0 Å². The Morgan fingerprint density at radius 3 is 2.42 bits per heavy atom. The van der Waals surface area contributed by atoms with E-state index in [9.17, 15) is 4.39 Å². The molecule has 0 unspecified atom stereocenters. The van der Waals surface area contributed by atoms with E-state index in [0.717, 1.165) is 37.7 Å². The summed E-state index contributed by atoms with van der Waals surface area (Å²) in [4.78, 5) is 4.72. The van der Waals surface area contributed by atoms with Gasteiger partial charge in [0.05, 0.1) is 22.9 Å².